The second-order valence-corrected chi connectivity index (χ2v) is 6.17. The number of hydrogen-bond acceptors (Lipinski definition) is 4. The number of carbonyl (C=O) groups is 1. The Kier molecular flexibility index (Phi) is 5.24. The second-order valence-electron chi connectivity index (χ2n) is 3.67. The molecule has 1 rings (SSSR count). The van der Waals surface area contributed by atoms with Crippen LogP contribution in [-0.4, -0.2) is 37.5 Å². The maximum atomic E-state index is 12.0. The number of halogens is 3. The van der Waals surface area contributed by atoms with Gasteiger partial charge in [-0.3, -0.25) is 9.89 Å². The highest BCUT2D eigenvalue weighted by Crippen LogP contribution is 2.23. The number of alkyl halides is 2. The minimum Gasteiger partial charge on any atom is -0.345 e. The first-order valence-electron chi connectivity index (χ1n) is 5.35. The zero-order valence-electron chi connectivity index (χ0n) is 9.91. The molecule has 0 bridgehead atoms. The molecule has 0 unspecified atom stereocenters. The van der Waals surface area contributed by atoms with Crippen molar-refractivity contribution >= 4 is 25.6 Å². The lowest BCUT2D eigenvalue weighted by Crippen LogP contribution is -2.29. The first-order valence-corrected chi connectivity index (χ1v) is 7.66. The van der Waals surface area contributed by atoms with Crippen LogP contribution in [0.5, 0.6) is 0 Å². The van der Waals surface area contributed by atoms with E-state index in [1.807, 2.05) is 5.32 Å². The van der Waals surface area contributed by atoms with E-state index in [1.165, 1.54) is 0 Å². The van der Waals surface area contributed by atoms with Gasteiger partial charge in [0.25, 0.3) is 21.4 Å². The predicted octanol–water partition coefficient (Wildman–Crippen LogP) is 1.28. The summed E-state index contributed by atoms with van der Waals surface area (Å²) in [5.74, 6) is -1.02. The largest absolute Gasteiger partial charge is 0.345 e. The Hall–Kier alpha value is -1.22. The Morgan fingerprint density at radius 1 is 1.53 bits per heavy atom. The number of carbonyl (C=O) groups excluding carboxylic acids is 1. The summed E-state index contributed by atoms with van der Waals surface area (Å²) in [4.78, 5) is 11.1. The zero-order valence-corrected chi connectivity index (χ0v) is 11.5. The summed E-state index contributed by atoms with van der Waals surface area (Å²) < 4.78 is 46.8. The standard InChI is InChI=1S/C9H12ClF2N3O3S/c1-2-3-5-8(19(10,17)18)7(15-14-5)9(16)13-4-6(11)12/h6H,2-4H2,1H3,(H,13,16)(H,14,15). The molecule has 0 saturated carbocycles. The van der Waals surface area contributed by atoms with Crippen LogP contribution in [0.4, 0.5) is 8.78 Å². The average molecular weight is 316 g/mol. The van der Waals surface area contributed by atoms with E-state index < -0.39 is 38.5 Å². The summed E-state index contributed by atoms with van der Waals surface area (Å²) in [6.45, 7) is 0.901. The first kappa shape index (κ1) is 15.8. The van der Waals surface area contributed by atoms with E-state index in [-0.39, 0.29) is 5.69 Å². The highest BCUT2D eigenvalue weighted by molar-refractivity contribution is 8.13. The molecule has 1 aromatic rings. The lowest BCUT2D eigenvalue weighted by molar-refractivity contribution is 0.0884. The number of nitrogens with zero attached hydrogens (tertiary/aromatic N) is 1. The van der Waals surface area contributed by atoms with E-state index in [2.05, 4.69) is 10.2 Å². The molecule has 0 aliphatic carbocycles. The molecule has 1 heterocycles. The van der Waals surface area contributed by atoms with Crippen molar-refractivity contribution in [2.75, 3.05) is 6.54 Å². The van der Waals surface area contributed by atoms with E-state index >= 15 is 0 Å². The van der Waals surface area contributed by atoms with Crippen molar-refractivity contribution in [3.8, 4) is 0 Å². The van der Waals surface area contributed by atoms with Crippen LogP contribution >= 0.6 is 10.7 Å². The van der Waals surface area contributed by atoms with Crippen LogP contribution in [0.3, 0.4) is 0 Å². The van der Waals surface area contributed by atoms with Crippen LogP contribution in [-0.2, 0) is 15.5 Å². The summed E-state index contributed by atoms with van der Waals surface area (Å²) in [6, 6.07) is 0. The molecule has 6 nitrogen and oxygen atoms in total. The third-order valence-corrected chi connectivity index (χ3v) is 3.56. The van der Waals surface area contributed by atoms with Gasteiger partial charge in [0.2, 0.25) is 0 Å². The molecule has 108 valence electrons. The van der Waals surface area contributed by atoms with Gasteiger partial charge < -0.3 is 5.32 Å². The summed E-state index contributed by atoms with van der Waals surface area (Å²) >= 11 is 0. The smallest absolute Gasteiger partial charge is 0.273 e. The maximum absolute atomic E-state index is 12.0. The van der Waals surface area contributed by atoms with Crippen molar-refractivity contribution in [1.29, 1.82) is 0 Å². The number of hydrogen-bond donors (Lipinski definition) is 2. The van der Waals surface area contributed by atoms with Gasteiger partial charge in [0.15, 0.2) is 5.69 Å². The highest BCUT2D eigenvalue weighted by Gasteiger charge is 2.28. The van der Waals surface area contributed by atoms with Crippen molar-refractivity contribution in [2.45, 2.75) is 31.1 Å². The molecule has 19 heavy (non-hydrogen) atoms. The van der Waals surface area contributed by atoms with Crippen LogP contribution in [0.2, 0.25) is 0 Å². The van der Waals surface area contributed by atoms with Crippen molar-refractivity contribution in [3.05, 3.63) is 11.4 Å². The number of aryl methyl sites for hydroxylation is 1. The minimum atomic E-state index is -4.20. The monoisotopic (exact) mass is 315 g/mol. The SMILES string of the molecule is CCCc1[nH]nc(C(=O)NCC(F)F)c1S(=O)(=O)Cl. The van der Waals surface area contributed by atoms with Gasteiger partial charge in [-0.05, 0) is 6.42 Å². The molecular formula is C9H12ClF2N3O3S. The minimum absolute atomic E-state index is 0.180. The van der Waals surface area contributed by atoms with Gasteiger partial charge in [0.1, 0.15) is 4.90 Å². The molecule has 0 spiro atoms. The predicted molar refractivity (Wildman–Crippen MR) is 64.0 cm³/mol. The summed E-state index contributed by atoms with van der Waals surface area (Å²) in [7, 11) is 1.04. The topological polar surface area (TPSA) is 91.9 Å². The number of H-pyrrole nitrogens is 1. The molecule has 0 fully saturated rings. The van der Waals surface area contributed by atoms with E-state index in [1.54, 1.807) is 6.92 Å². The molecule has 0 saturated heterocycles. The fraction of sp³-hybridized carbons (Fsp3) is 0.556. The number of aromatic amines is 1. The van der Waals surface area contributed by atoms with Crippen LogP contribution < -0.4 is 5.32 Å². The Labute approximate surface area is 112 Å². The van der Waals surface area contributed by atoms with Gasteiger partial charge in [-0.15, -0.1) is 0 Å². The number of amides is 1. The average Bonchev–Trinajstić information content (AvgIpc) is 2.70. The fourth-order valence-corrected chi connectivity index (χ4v) is 2.77. The summed E-state index contributed by atoms with van der Waals surface area (Å²) in [5.41, 5.74) is -0.321. The van der Waals surface area contributed by atoms with Crippen LogP contribution in [0.15, 0.2) is 4.90 Å². The van der Waals surface area contributed by atoms with E-state index in [4.69, 9.17) is 10.7 Å². The Morgan fingerprint density at radius 2 is 2.16 bits per heavy atom. The highest BCUT2D eigenvalue weighted by atomic mass is 35.7. The molecule has 0 aliphatic heterocycles. The number of rotatable bonds is 6. The van der Waals surface area contributed by atoms with Crippen molar-refractivity contribution in [3.63, 3.8) is 0 Å². The Morgan fingerprint density at radius 3 is 2.63 bits per heavy atom. The van der Waals surface area contributed by atoms with Crippen LogP contribution in [0.1, 0.15) is 29.5 Å². The number of nitrogens with one attached hydrogen (secondary N) is 2. The van der Waals surface area contributed by atoms with Gasteiger partial charge in [-0.1, -0.05) is 13.3 Å². The lowest BCUT2D eigenvalue weighted by atomic mass is 10.2. The van der Waals surface area contributed by atoms with E-state index in [9.17, 15) is 22.0 Å². The molecule has 0 aromatic carbocycles. The summed E-state index contributed by atoms with van der Waals surface area (Å²) in [6.07, 6.45) is -1.83. The fourth-order valence-electron chi connectivity index (χ4n) is 1.46. The molecule has 1 aromatic heterocycles. The Balaban J connectivity index is 3.11. The van der Waals surface area contributed by atoms with Gasteiger partial charge in [-0.25, -0.2) is 17.2 Å². The first-order chi connectivity index (χ1) is 8.77. The third-order valence-electron chi connectivity index (χ3n) is 2.17. The number of aromatic nitrogens is 2. The van der Waals surface area contributed by atoms with Crippen LogP contribution in [0.25, 0.3) is 0 Å². The van der Waals surface area contributed by atoms with Crippen molar-refractivity contribution < 1.29 is 22.0 Å². The van der Waals surface area contributed by atoms with Gasteiger partial charge in [-0.2, -0.15) is 5.10 Å². The lowest BCUT2D eigenvalue weighted by Gasteiger charge is -2.03. The summed E-state index contributed by atoms with van der Waals surface area (Å²) in [5, 5.41) is 7.79. The van der Waals surface area contributed by atoms with Crippen LogP contribution in [0, 0.1) is 0 Å². The zero-order chi connectivity index (χ0) is 14.6. The van der Waals surface area contributed by atoms with Gasteiger partial charge >= 0.3 is 0 Å². The quantitative estimate of drug-likeness (QED) is 0.774. The molecular weight excluding hydrogens is 304 g/mol. The van der Waals surface area contributed by atoms with Crippen molar-refractivity contribution in [1.82, 2.24) is 15.5 Å². The van der Waals surface area contributed by atoms with Gasteiger partial charge in [0.05, 0.1) is 12.2 Å². The van der Waals surface area contributed by atoms with Gasteiger partial charge in [0, 0.05) is 10.7 Å². The molecule has 0 atom stereocenters. The molecule has 1 amide bonds. The van der Waals surface area contributed by atoms with Crippen molar-refractivity contribution in [2.24, 2.45) is 0 Å². The maximum Gasteiger partial charge on any atom is 0.273 e. The molecule has 10 heteroatoms. The van der Waals surface area contributed by atoms with E-state index in [0.29, 0.717) is 12.8 Å². The molecule has 2 N–H and O–H groups in total. The normalized spacial score (nSPS) is 11.8. The molecule has 0 radical (unpaired) electrons. The van der Waals surface area contributed by atoms with E-state index in [0.717, 1.165) is 0 Å². The second kappa shape index (κ2) is 6.29. The Bertz CT molecular complexity index is 559. The third kappa shape index (κ3) is 4.13. The molecule has 0 aliphatic rings.